The zero-order chi connectivity index (χ0) is 11.5. The molecule has 0 spiro atoms. The van der Waals surface area contributed by atoms with Crippen LogP contribution in [-0.4, -0.2) is 20.6 Å². The molecule has 2 aromatic rings. The molecule has 5 nitrogen and oxygen atoms in total. The monoisotopic (exact) mass is 213 g/mol. The smallest absolute Gasteiger partial charge is 0.354 e. The summed E-state index contributed by atoms with van der Waals surface area (Å²) < 4.78 is 1.61. The van der Waals surface area contributed by atoms with Crippen LogP contribution in [0.15, 0.2) is 36.7 Å². The molecule has 78 valence electrons. The van der Waals surface area contributed by atoms with Crippen LogP contribution in [-0.2, 0) is 0 Å². The molecule has 0 bridgehead atoms. The van der Waals surface area contributed by atoms with E-state index in [1.54, 1.807) is 29.0 Å². The summed E-state index contributed by atoms with van der Waals surface area (Å²) in [6.45, 7) is 0. The number of hydrogen-bond acceptors (Lipinski definition) is 3. The number of carboxylic acids is 1. The van der Waals surface area contributed by atoms with E-state index in [0.29, 0.717) is 11.4 Å². The van der Waals surface area contributed by atoms with Crippen molar-refractivity contribution >= 4 is 5.97 Å². The average Bonchev–Trinajstić information content (AvgIpc) is 2.77. The second-order valence-corrected chi connectivity index (χ2v) is 3.08. The van der Waals surface area contributed by atoms with E-state index in [0.717, 1.165) is 0 Å². The van der Waals surface area contributed by atoms with E-state index in [1.165, 1.54) is 12.3 Å². The number of carboxylic acid groups (broad SMARTS) is 1. The summed E-state index contributed by atoms with van der Waals surface area (Å²) in [6.07, 6.45) is 3.10. The summed E-state index contributed by atoms with van der Waals surface area (Å²) in [4.78, 5) is 14.4. The second kappa shape index (κ2) is 3.87. The molecule has 0 unspecified atom stereocenters. The second-order valence-electron chi connectivity index (χ2n) is 3.08. The minimum absolute atomic E-state index is 0.0462. The number of aromatic nitrogens is 2. The van der Waals surface area contributed by atoms with Gasteiger partial charge in [0.25, 0.3) is 0 Å². The highest BCUT2D eigenvalue weighted by Crippen LogP contribution is 2.12. The topological polar surface area (TPSA) is 78.9 Å². The molecule has 0 amide bonds. The molecule has 0 atom stereocenters. The predicted octanol–water partition coefficient (Wildman–Crippen LogP) is 1.44. The number of aromatic carboxylic acids is 1. The molecule has 0 saturated heterocycles. The molecule has 1 N–H and O–H groups in total. The molecule has 0 aliphatic heterocycles. The van der Waals surface area contributed by atoms with E-state index in [-0.39, 0.29) is 5.69 Å². The van der Waals surface area contributed by atoms with Crippen molar-refractivity contribution in [2.75, 3.05) is 0 Å². The molecular formula is C11H7N3O2. The summed E-state index contributed by atoms with van der Waals surface area (Å²) in [7, 11) is 0. The number of nitriles is 1. The van der Waals surface area contributed by atoms with Gasteiger partial charge in [0.2, 0.25) is 0 Å². The third-order valence-electron chi connectivity index (χ3n) is 2.10. The molecule has 5 heteroatoms. The lowest BCUT2D eigenvalue weighted by atomic mass is 10.3. The minimum atomic E-state index is -1.09. The van der Waals surface area contributed by atoms with Crippen molar-refractivity contribution < 1.29 is 9.90 Å². The number of hydrogen-bond donors (Lipinski definition) is 1. The maximum absolute atomic E-state index is 10.7. The average molecular weight is 213 g/mol. The van der Waals surface area contributed by atoms with Crippen LogP contribution >= 0.6 is 0 Å². The van der Waals surface area contributed by atoms with Crippen LogP contribution in [0.4, 0.5) is 0 Å². The van der Waals surface area contributed by atoms with Crippen LogP contribution < -0.4 is 0 Å². The quantitative estimate of drug-likeness (QED) is 0.818. The molecule has 0 radical (unpaired) electrons. The largest absolute Gasteiger partial charge is 0.477 e. The fourth-order valence-corrected chi connectivity index (χ4v) is 1.38. The van der Waals surface area contributed by atoms with Gasteiger partial charge in [0, 0.05) is 12.4 Å². The molecule has 2 aromatic heterocycles. The van der Waals surface area contributed by atoms with E-state index in [9.17, 15) is 4.79 Å². The molecular weight excluding hydrogens is 206 g/mol. The number of carbonyl (C=O) groups is 1. The summed E-state index contributed by atoms with van der Waals surface area (Å²) in [6, 6.07) is 8.46. The van der Waals surface area contributed by atoms with Gasteiger partial charge in [-0.3, -0.25) is 0 Å². The van der Waals surface area contributed by atoms with Gasteiger partial charge in [-0.1, -0.05) is 0 Å². The maximum Gasteiger partial charge on any atom is 0.354 e. The van der Waals surface area contributed by atoms with Crippen LogP contribution in [0.3, 0.4) is 0 Å². The first-order valence-corrected chi connectivity index (χ1v) is 4.49. The Balaban J connectivity index is 2.53. The summed E-state index contributed by atoms with van der Waals surface area (Å²) in [5, 5.41) is 17.6. The lowest BCUT2D eigenvalue weighted by Gasteiger charge is -2.04. The first kappa shape index (κ1) is 9.93. The van der Waals surface area contributed by atoms with Crippen molar-refractivity contribution in [2.45, 2.75) is 0 Å². The third-order valence-corrected chi connectivity index (χ3v) is 2.10. The predicted molar refractivity (Wildman–Crippen MR) is 55.2 cm³/mol. The third kappa shape index (κ3) is 1.64. The fourth-order valence-electron chi connectivity index (χ4n) is 1.38. The lowest BCUT2D eigenvalue weighted by molar-refractivity contribution is 0.0690. The summed E-state index contributed by atoms with van der Waals surface area (Å²) in [5.41, 5.74) is 1.01. The van der Waals surface area contributed by atoms with Gasteiger partial charge in [0.15, 0.2) is 0 Å². The van der Waals surface area contributed by atoms with E-state index in [4.69, 9.17) is 10.4 Å². The van der Waals surface area contributed by atoms with E-state index in [2.05, 4.69) is 4.98 Å². The van der Waals surface area contributed by atoms with Gasteiger partial charge in [0.05, 0.1) is 5.69 Å². The molecule has 0 fully saturated rings. The SMILES string of the molecule is N#Cc1cccn1-c1ccnc(C(=O)O)c1. The Morgan fingerprint density at radius 2 is 2.31 bits per heavy atom. The van der Waals surface area contributed by atoms with E-state index < -0.39 is 5.97 Å². The Hall–Kier alpha value is -2.61. The highest BCUT2D eigenvalue weighted by molar-refractivity contribution is 5.85. The molecule has 0 aromatic carbocycles. The number of nitrogens with zero attached hydrogens (tertiary/aromatic N) is 3. The van der Waals surface area contributed by atoms with Crippen LogP contribution in [0, 0.1) is 11.3 Å². The maximum atomic E-state index is 10.7. The first-order valence-electron chi connectivity index (χ1n) is 4.49. The van der Waals surface area contributed by atoms with Gasteiger partial charge in [-0.25, -0.2) is 9.78 Å². The Morgan fingerprint density at radius 3 is 3.00 bits per heavy atom. The zero-order valence-electron chi connectivity index (χ0n) is 8.16. The van der Waals surface area contributed by atoms with Gasteiger partial charge >= 0.3 is 5.97 Å². The normalized spacial score (nSPS) is 9.69. The first-order chi connectivity index (χ1) is 7.72. The number of pyridine rings is 1. The zero-order valence-corrected chi connectivity index (χ0v) is 8.16. The van der Waals surface area contributed by atoms with Crippen molar-refractivity contribution in [1.29, 1.82) is 5.26 Å². The molecule has 0 aliphatic carbocycles. The van der Waals surface area contributed by atoms with Gasteiger partial charge in [-0.15, -0.1) is 0 Å². The van der Waals surface area contributed by atoms with Crippen molar-refractivity contribution in [3.63, 3.8) is 0 Å². The van der Waals surface area contributed by atoms with Gasteiger partial charge in [0.1, 0.15) is 17.5 Å². The standard InChI is InChI=1S/C11H7N3O2/c12-7-9-2-1-5-14(9)8-3-4-13-10(6-8)11(15)16/h1-6H,(H,15,16). The van der Waals surface area contributed by atoms with Crippen molar-refractivity contribution in [3.8, 4) is 11.8 Å². The Bertz CT molecular complexity index is 581. The molecule has 2 rings (SSSR count). The molecule has 0 aliphatic rings. The van der Waals surface area contributed by atoms with Crippen molar-refractivity contribution in [1.82, 2.24) is 9.55 Å². The number of rotatable bonds is 2. The van der Waals surface area contributed by atoms with Crippen molar-refractivity contribution in [3.05, 3.63) is 48.0 Å². The molecule has 2 heterocycles. The van der Waals surface area contributed by atoms with Crippen molar-refractivity contribution in [2.24, 2.45) is 0 Å². The minimum Gasteiger partial charge on any atom is -0.477 e. The fraction of sp³-hybridized carbons (Fsp3) is 0. The van der Waals surface area contributed by atoms with Gasteiger partial charge in [-0.05, 0) is 24.3 Å². The highest BCUT2D eigenvalue weighted by atomic mass is 16.4. The molecule has 16 heavy (non-hydrogen) atoms. The van der Waals surface area contributed by atoms with Crippen LogP contribution in [0.25, 0.3) is 5.69 Å². The Kier molecular flexibility index (Phi) is 2.40. The lowest BCUT2D eigenvalue weighted by Crippen LogP contribution is -2.03. The van der Waals surface area contributed by atoms with Crippen LogP contribution in [0.5, 0.6) is 0 Å². The van der Waals surface area contributed by atoms with E-state index >= 15 is 0 Å². The van der Waals surface area contributed by atoms with Gasteiger partial charge in [-0.2, -0.15) is 5.26 Å². The Morgan fingerprint density at radius 1 is 1.50 bits per heavy atom. The van der Waals surface area contributed by atoms with Gasteiger partial charge < -0.3 is 9.67 Å². The Labute approximate surface area is 91.2 Å². The summed E-state index contributed by atoms with van der Waals surface area (Å²) in [5.74, 6) is -1.09. The van der Waals surface area contributed by atoms with E-state index in [1.807, 2.05) is 6.07 Å². The highest BCUT2D eigenvalue weighted by Gasteiger charge is 2.07. The van der Waals surface area contributed by atoms with Crippen LogP contribution in [0.1, 0.15) is 16.2 Å². The van der Waals surface area contributed by atoms with Crippen LogP contribution in [0.2, 0.25) is 0 Å². The molecule has 0 saturated carbocycles. The summed E-state index contributed by atoms with van der Waals surface area (Å²) >= 11 is 0.